The SMILES string of the molecule is c1ccc(-c2cc3cccc4c3c(c2-c2ccccc2)-c2c-4ccc3ccccc23)cc1. The van der Waals surface area contributed by atoms with Crippen molar-refractivity contribution in [2.45, 2.75) is 0 Å². The third kappa shape index (κ3) is 2.38. The van der Waals surface area contributed by atoms with E-state index in [1.54, 1.807) is 0 Å². The minimum Gasteiger partial charge on any atom is -0.0622 e. The first-order chi connectivity index (χ1) is 15.9. The summed E-state index contributed by atoms with van der Waals surface area (Å²) >= 11 is 0. The topological polar surface area (TPSA) is 0 Å². The van der Waals surface area contributed by atoms with Crippen molar-refractivity contribution in [3.05, 3.63) is 121 Å². The predicted molar refractivity (Wildman–Crippen MR) is 137 cm³/mol. The summed E-state index contributed by atoms with van der Waals surface area (Å²) in [5.74, 6) is 0. The Bertz CT molecular complexity index is 1640. The van der Waals surface area contributed by atoms with E-state index in [1.165, 1.54) is 66.1 Å². The second kappa shape index (κ2) is 6.67. The van der Waals surface area contributed by atoms with E-state index >= 15 is 0 Å². The molecule has 0 bridgehead atoms. The van der Waals surface area contributed by atoms with Gasteiger partial charge in [-0.1, -0.05) is 115 Å². The molecule has 1 aliphatic carbocycles. The minimum absolute atomic E-state index is 1.25. The quantitative estimate of drug-likeness (QED) is 0.270. The molecule has 0 saturated carbocycles. The van der Waals surface area contributed by atoms with E-state index in [1.807, 2.05) is 0 Å². The monoisotopic (exact) mass is 404 g/mol. The molecule has 0 nitrogen and oxygen atoms in total. The molecule has 0 heteroatoms. The van der Waals surface area contributed by atoms with Gasteiger partial charge in [-0.2, -0.15) is 0 Å². The molecule has 1 aliphatic rings. The zero-order valence-electron chi connectivity index (χ0n) is 17.5. The molecule has 6 aromatic carbocycles. The Balaban J connectivity index is 1.74. The van der Waals surface area contributed by atoms with E-state index in [4.69, 9.17) is 0 Å². The molecule has 0 unspecified atom stereocenters. The predicted octanol–water partition coefficient (Wildman–Crippen LogP) is 8.97. The van der Waals surface area contributed by atoms with Crippen LogP contribution >= 0.6 is 0 Å². The number of rotatable bonds is 2. The van der Waals surface area contributed by atoms with Gasteiger partial charge in [0.25, 0.3) is 0 Å². The summed E-state index contributed by atoms with van der Waals surface area (Å²) in [6.07, 6.45) is 0. The van der Waals surface area contributed by atoms with Gasteiger partial charge in [0.2, 0.25) is 0 Å². The first-order valence-electron chi connectivity index (χ1n) is 11.1. The lowest BCUT2D eigenvalue weighted by Gasteiger charge is -2.18. The molecule has 0 fully saturated rings. The van der Waals surface area contributed by atoms with Crippen LogP contribution in [0.2, 0.25) is 0 Å². The van der Waals surface area contributed by atoms with E-state index in [0.29, 0.717) is 0 Å². The van der Waals surface area contributed by atoms with Crippen LogP contribution in [0.3, 0.4) is 0 Å². The summed E-state index contributed by atoms with van der Waals surface area (Å²) in [5, 5.41) is 5.29. The van der Waals surface area contributed by atoms with Crippen molar-refractivity contribution in [3.8, 4) is 44.5 Å². The maximum absolute atomic E-state index is 2.38. The summed E-state index contributed by atoms with van der Waals surface area (Å²) in [4.78, 5) is 0. The average molecular weight is 405 g/mol. The van der Waals surface area contributed by atoms with Gasteiger partial charge in [-0.25, -0.2) is 0 Å². The van der Waals surface area contributed by atoms with Crippen molar-refractivity contribution in [2.24, 2.45) is 0 Å². The molecule has 7 rings (SSSR count). The van der Waals surface area contributed by atoms with Crippen molar-refractivity contribution in [1.29, 1.82) is 0 Å². The lowest BCUT2D eigenvalue weighted by Crippen LogP contribution is -1.91. The second-order valence-electron chi connectivity index (χ2n) is 8.52. The van der Waals surface area contributed by atoms with Gasteiger partial charge in [-0.3, -0.25) is 0 Å². The lowest BCUT2D eigenvalue weighted by molar-refractivity contribution is 1.61. The highest BCUT2D eigenvalue weighted by molar-refractivity contribution is 6.26. The van der Waals surface area contributed by atoms with Crippen LogP contribution < -0.4 is 0 Å². The Hall–Kier alpha value is -4.16. The summed E-state index contributed by atoms with van der Waals surface area (Å²) in [5.41, 5.74) is 10.6. The van der Waals surface area contributed by atoms with Gasteiger partial charge >= 0.3 is 0 Å². The Morgan fingerprint density at radius 2 is 1.03 bits per heavy atom. The van der Waals surface area contributed by atoms with Crippen LogP contribution in [0.15, 0.2) is 121 Å². The van der Waals surface area contributed by atoms with E-state index in [-0.39, 0.29) is 0 Å². The Kier molecular flexibility index (Phi) is 3.65. The van der Waals surface area contributed by atoms with E-state index in [2.05, 4.69) is 121 Å². The van der Waals surface area contributed by atoms with Crippen LogP contribution in [-0.4, -0.2) is 0 Å². The van der Waals surface area contributed by atoms with Crippen molar-refractivity contribution in [3.63, 3.8) is 0 Å². The number of hydrogen-bond acceptors (Lipinski definition) is 0. The van der Waals surface area contributed by atoms with Gasteiger partial charge in [0.1, 0.15) is 0 Å². The highest BCUT2D eigenvalue weighted by atomic mass is 14.3. The molecule has 0 spiro atoms. The first kappa shape index (κ1) is 17.5. The normalized spacial score (nSPS) is 11.8. The van der Waals surface area contributed by atoms with Crippen LogP contribution in [0.5, 0.6) is 0 Å². The van der Waals surface area contributed by atoms with Gasteiger partial charge in [0.15, 0.2) is 0 Å². The Morgan fingerprint density at radius 3 is 1.84 bits per heavy atom. The van der Waals surface area contributed by atoms with Crippen molar-refractivity contribution >= 4 is 21.5 Å². The maximum Gasteiger partial charge on any atom is -0.000183 e. The van der Waals surface area contributed by atoms with E-state index in [0.717, 1.165) is 0 Å². The number of hydrogen-bond donors (Lipinski definition) is 0. The number of fused-ring (bicyclic) bond motifs is 5. The first-order valence-corrected chi connectivity index (χ1v) is 11.1. The fraction of sp³-hybridized carbons (Fsp3) is 0. The van der Waals surface area contributed by atoms with Gasteiger partial charge < -0.3 is 0 Å². The summed E-state index contributed by atoms with van der Waals surface area (Å²) in [6.45, 7) is 0. The molecular formula is C32H20. The van der Waals surface area contributed by atoms with Crippen molar-refractivity contribution in [1.82, 2.24) is 0 Å². The zero-order valence-corrected chi connectivity index (χ0v) is 17.5. The molecule has 0 radical (unpaired) electrons. The molecule has 148 valence electrons. The van der Waals surface area contributed by atoms with Gasteiger partial charge in [-0.15, -0.1) is 0 Å². The van der Waals surface area contributed by atoms with Crippen LogP contribution in [0.25, 0.3) is 66.1 Å². The van der Waals surface area contributed by atoms with Crippen LogP contribution in [-0.2, 0) is 0 Å². The zero-order chi connectivity index (χ0) is 21.1. The van der Waals surface area contributed by atoms with Crippen molar-refractivity contribution in [2.75, 3.05) is 0 Å². The molecule has 0 saturated heterocycles. The average Bonchev–Trinajstić information content (AvgIpc) is 3.21. The van der Waals surface area contributed by atoms with E-state index < -0.39 is 0 Å². The minimum atomic E-state index is 1.25. The maximum atomic E-state index is 2.38. The van der Waals surface area contributed by atoms with Crippen LogP contribution in [0.1, 0.15) is 0 Å². The van der Waals surface area contributed by atoms with Gasteiger partial charge in [0, 0.05) is 0 Å². The van der Waals surface area contributed by atoms with Gasteiger partial charge in [-0.05, 0) is 72.1 Å². The fourth-order valence-electron chi connectivity index (χ4n) is 5.45. The third-order valence-electron chi connectivity index (χ3n) is 6.78. The molecule has 0 amide bonds. The van der Waals surface area contributed by atoms with Crippen LogP contribution in [0.4, 0.5) is 0 Å². The number of benzene rings is 6. The standard InChI is InChI=1S/C32H20/c1-3-10-21(11-4-1)28-20-24-15-9-17-26-27-19-18-22-12-7-8-16-25(22)31(27)32(30(24)26)29(28)23-13-5-2-6-14-23/h1-20H. The Labute approximate surface area is 187 Å². The molecule has 0 aliphatic heterocycles. The Morgan fingerprint density at radius 1 is 0.344 bits per heavy atom. The fourth-order valence-corrected chi connectivity index (χ4v) is 5.45. The highest BCUT2D eigenvalue weighted by Gasteiger charge is 2.28. The molecule has 0 heterocycles. The third-order valence-corrected chi connectivity index (χ3v) is 6.78. The van der Waals surface area contributed by atoms with Crippen molar-refractivity contribution < 1.29 is 0 Å². The molecule has 0 aromatic heterocycles. The molecule has 0 N–H and O–H groups in total. The molecule has 0 atom stereocenters. The second-order valence-corrected chi connectivity index (χ2v) is 8.52. The summed E-state index contributed by atoms with van der Waals surface area (Å²) in [7, 11) is 0. The van der Waals surface area contributed by atoms with Gasteiger partial charge in [0.05, 0.1) is 0 Å². The highest BCUT2D eigenvalue weighted by Crippen LogP contribution is 2.55. The smallest absolute Gasteiger partial charge is 0.000183 e. The largest absolute Gasteiger partial charge is 0.0622 e. The molecular weight excluding hydrogens is 384 g/mol. The van der Waals surface area contributed by atoms with E-state index in [9.17, 15) is 0 Å². The molecule has 6 aromatic rings. The lowest BCUT2D eigenvalue weighted by atomic mass is 9.85. The molecule has 32 heavy (non-hydrogen) atoms. The summed E-state index contributed by atoms with van der Waals surface area (Å²) in [6, 6.07) is 44.2. The summed E-state index contributed by atoms with van der Waals surface area (Å²) < 4.78 is 0. The van der Waals surface area contributed by atoms with Crippen LogP contribution in [0, 0.1) is 0 Å².